The average Bonchev–Trinajstić information content (AvgIpc) is 3.41. The molecule has 0 radical (unpaired) electrons. The van der Waals surface area contributed by atoms with Crippen molar-refractivity contribution >= 4 is 17.5 Å². The Hall–Kier alpha value is -1.06. The zero-order valence-electron chi connectivity index (χ0n) is 17.7. The molecule has 4 fully saturated rings. The number of rotatable bonds is 2. The lowest BCUT2D eigenvalue weighted by Gasteiger charge is -2.50. The number of thioether (sulfide) groups is 1. The van der Waals surface area contributed by atoms with Crippen LogP contribution in [0.3, 0.4) is 0 Å². The highest BCUT2D eigenvalue weighted by Gasteiger charge is 2.73. The van der Waals surface area contributed by atoms with Crippen molar-refractivity contribution in [2.45, 2.75) is 81.3 Å². The van der Waals surface area contributed by atoms with Crippen molar-refractivity contribution < 1.29 is 9.53 Å². The second kappa shape index (κ2) is 6.47. The number of fused-ring (bicyclic) bond motifs is 5. The number of allylic oxidation sites excluding steroid dienone is 2. The van der Waals surface area contributed by atoms with E-state index >= 15 is 0 Å². The Morgan fingerprint density at radius 3 is 2.62 bits per heavy atom. The Labute approximate surface area is 178 Å². The molecule has 1 heterocycles. The highest BCUT2D eigenvalue weighted by atomic mass is 32.2. The van der Waals surface area contributed by atoms with E-state index in [0.29, 0.717) is 23.2 Å². The molecule has 4 aliphatic carbocycles. The summed E-state index contributed by atoms with van der Waals surface area (Å²) >= 11 is 1.81. The number of benzene rings is 1. The van der Waals surface area contributed by atoms with Crippen LogP contribution in [-0.4, -0.2) is 17.6 Å². The van der Waals surface area contributed by atoms with Gasteiger partial charge in [-0.1, -0.05) is 30.2 Å². The molecule has 0 aromatic heterocycles. The zero-order chi connectivity index (χ0) is 19.8. The fourth-order valence-electron chi connectivity index (χ4n) is 7.90. The van der Waals surface area contributed by atoms with E-state index in [9.17, 15) is 4.79 Å². The minimum Gasteiger partial charge on any atom is -0.360 e. The van der Waals surface area contributed by atoms with Gasteiger partial charge in [-0.25, -0.2) is 0 Å². The summed E-state index contributed by atoms with van der Waals surface area (Å²) < 4.78 is 6.63. The van der Waals surface area contributed by atoms with Gasteiger partial charge in [0.25, 0.3) is 0 Å². The molecule has 1 aromatic carbocycles. The van der Waals surface area contributed by atoms with Gasteiger partial charge in [0.15, 0.2) is 0 Å². The predicted molar refractivity (Wildman–Crippen MR) is 117 cm³/mol. The Balaban J connectivity index is 1.29. The lowest BCUT2D eigenvalue weighted by atomic mass is 9.54. The number of ketones is 1. The first kappa shape index (κ1) is 18.7. The van der Waals surface area contributed by atoms with Crippen LogP contribution in [0.15, 0.2) is 40.3 Å². The van der Waals surface area contributed by atoms with Gasteiger partial charge in [-0.2, -0.15) is 0 Å². The Kier molecular flexibility index (Phi) is 4.17. The van der Waals surface area contributed by atoms with E-state index in [1.807, 2.05) is 0 Å². The molecule has 0 bridgehead atoms. The number of Topliss-reactive ketones (excluding diaryl/α,β-unsaturated/α-hetero) is 1. The average molecular weight is 409 g/mol. The third-order valence-corrected chi connectivity index (χ3v) is 10.2. The Morgan fingerprint density at radius 1 is 1.00 bits per heavy atom. The molecule has 1 aliphatic heterocycles. The summed E-state index contributed by atoms with van der Waals surface area (Å²) in [5, 5.41) is 0. The van der Waals surface area contributed by atoms with Crippen LogP contribution in [0.5, 0.6) is 0 Å². The lowest BCUT2D eigenvalue weighted by Crippen LogP contribution is -2.44. The van der Waals surface area contributed by atoms with Crippen molar-refractivity contribution in [2.75, 3.05) is 6.26 Å². The maximum atomic E-state index is 12.0. The van der Waals surface area contributed by atoms with Gasteiger partial charge in [0, 0.05) is 23.2 Å². The maximum Gasteiger partial charge on any atom is 0.133 e. The number of hydrogen-bond acceptors (Lipinski definition) is 3. The van der Waals surface area contributed by atoms with Crippen LogP contribution in [0.1, 0.15) is 76.4 Å². The highest BCUT2D eigenvalue weighted by Crippen LogP contribution is 2.74. The molecule has 3 saturated carbocycles. The predicted octanol–water partition coefficient (Wildman–Crippen LogP) is 6.50. The van der Waals surface area contributed by atoms with Gasteiger partial charge >= 0.3 is 0 Å². The molecule has 3 heteroatoms. The van der Waals surface area contributed by atoms with Crippen molar-refractivity contribution in [3.05, 3.63) is 41.0 Å². The van der Waals surface area contributed by atoms with Crippen molar-refractivity contribution in [1.29, 1.82) is 0 Å². The van der Waals surface area contributed by atoms with Crippen LogP contribution < -0.4 is 0 Å². The molecule has 5 aliphatic rings. The fourth-order valence-corrected chi connectivity index (χ4v) is 8.31. The molecule has 2 nitrogen and oxygen atoms in total. The van der Waals surface area contributed by atoms with Crippen LogP contribution >= 0.6 is 11.8 Å². The monoisotopic (exact) mass is 408 g/mol. The SMILES string of the molecule is CSc1ccc(C2OC23CC[C@H]2[C@@H]4CCC5CC(=O)CCC5=C4CC[C@@]23C)cc1. The molecule has 154 valence electrons. The molecule has 0 N–H and O–H groups in total. The third kappa shape index (κ3) is 2.56. The van der Waals surface area contributed by atoms with Gasteiger partial charge in [0.2, 0.25) is 0 Å². The van der Waals surface area contributed by atoms with Crippen molar-refractivity contribution in [2.24, 2.45) is 23.2 Å². The summed E-state index contributed by atoms with van der Waals surface area (Å²) in [6.45, 7) is 2.55. The van der Waals surface area contributed by atoms with Crippen molar-refractivity contribution in [3.8, 4) is 0 Å². The first-order valence-corrected chi connectivity index (χ1v) is 12.8. The number of hydrogen-bond donors (Lipinski definition) is 0. The third-order valence-electron chi connectivity index (χ3n) is 9.45. The van der Waals surface area contributed by atoms with Crippen LogP contribution in [0, 0.1) is 23.2 Å². The Morgan fingerprint density at radius 2 is 1.83 bits per heavy atom. The van der Waals surface area contributed by atoms with Gasteiger partial charge in [-0.3, -0.25) is 4.79 Å². The van der Waals surface area contributed by atoms with E-state index in [2.05, 4.69) is 37.4 Å². The first-order valence-electron chi connectivity index (χ1n) is 11.6. The molecule has 6 atom stereocenters. The number of epoxide rings is 1. The van der Waals surface area contributed by atoms with Crippen LogP contribution in [0.4, 0.5) is 0 Å². The number of carbonyl (C=O) groups excluding carboxylic acids is 1. The highest BCUT2D eigenvalue weighted by molar-refractivity contribution is 7.98. The molecule has 1 aromatic rings. The summed E-state index contributed by atoms with van der Waals surface area (Å²) in [5.74, 6) is 2.62. The molecule has 1 saturated heterocycles. The van der Waals surface area contributed by atoms with E-state index in [-0.39, 0.29) is 5.60 Å². The maximum absolute atomic E-state index is 12.0. The minimum absolute atomic E-state index is 0.0775. The molecule has 1 spiro atoms. The van der Waals surface area contributed by atoms with E-state index in [1.54, 1.807) is 22.9 Å². The molecule has 29 heavy (non-hydrogen) atoms. The quantitative estimate of drug-likeness (QED) is 0.318. The summed E-state index contributed by atoms with van der Waals surface area (Å²) in [4.78, 5) is 13.3. The summed E-state index contributed by atoms with van der Waals surface area (Å²) in [5.41, 5.74) is 5.26. The number of ether oxygens (including phenoxy) is 1. The molecular formula is C26H32O2S. The van der Waals surface area contributed by atoms with E-state index in [4.69, 9.17) is 4.74 Å². The fraction of sp³-hybridized carbons (Fsp3) is 0.654. The van der Waals surface area contributed by atoms with Crippen molar-refractivity contribution in [3.63, 3.8) is 0 Å². The smallest absolute Gasteiger partial charge is 0.133 e. The second-order valence-corrected chi connectivity index (χ2v) is 11.3. The topological polar surface area (TPSA) is 29.6 Å². The zero-order valence-corrected chi connectivity index (χ0v) is 18.5. The van der Waals surface area contributed by atoms with Crippen molar-refractivity contribution in [1.82, 2.24) is 0 Å². The van der Waals surface area contributed by atoms with E-state index < -0.39 is 0 Å². The van der Waals surface area contributed by atoms with Gasteiger partial charge in [0.05, 0.1) is 0 Å². The minimum atomic E-state index is 0.0775. The summed E-state index contributed by atoms with van der Waals surface area (Å²) in [6, 6.07) is 9.09. The van der Waals surface area contributed by atoms with E-state index in [0.717, 1.165) is 31.1 Å². The lowest BCUT2D eigenvalue weighted by molar-refractivity contribution is -0.120. The second-order valence-electron chi connectivity index (χ2n) is 10.4. The van der Waals surface area contributed by atoms with E-state index in [1.165, 1.54) is 49.0 Å². The molecular weight excluding hydrogens is 376 g/mol. The number of carbonyl (C=O) groups is 1. The largest absolute Gasteiger partial charge is 0.360 e. The van der Waals surface area contributed by atoms with Gasteiger partial charge < -0.3 is 4.74 Å². The first-order chi connectivity index (χ1) is 14.1. The molecule has 3 unspecified atom stereocenters. The normalized spacial score (nSPS) is 43.2. The van der Waals surface area contributed by atoms with Gasteiger partial charge in [-0.05, 0) is 86.7 Å². The molecule has 0 amide bonds. The van der Waals surface area contributed by atoms with Gasteiger partial charge in [0.1, 0.15) is 17.5 Å². The summed E-state index contributed by atoms with van der Waals surface area (Å²) in [6.07, 6.45) is 12.7. The van der Waals surface area contributed by atoms with Crippen LogP contribution in [-0.2, 0) is 9.53 Å². The van der Waals surface area contributed by atoms with Crippen LogP contribution in [0.25, 0.3) is 0 Å². The Bertz CT molecular complexity index is 886. The molecule has 6 rings (SSSR count). The summed E-state index contributed by atoms with van der Waals surface area (Å²) in [7, 11) is 0. The van der Waals surface area contributed by atoms with Crippen LogP contribution in [0.2, 0.25) is 0 Å². The standard InChI is InChI=1S/C26H32O2S/c1-25-13-11-21-20-10-6-18(27)15-17(20)5-9-22(21)23(25)12-14-26(25)24(28-26)16-3-7-19(29-2)8-4-16/h3-4,7-8,17,22-24H,5-6,9-15H2,1-2H3/t17?,22-,23+,24?,25+,26?/m1/s1. The van der Waals surface area contributed by atoms with Gasteiger partial charge in [-0.15, -0.1) is 11.8 Å².